The molecule has 82 valence electrons. The lowest BCUT2D eigenvalue weighted by Crippen LogP contribution is -2.29. The van der Waals surface area contributed by atoms with E-state index in [2.05, 4.69) is 15.4 Å². The first-order valence-electron chi connectivity index (χ1n) is 4.46. The summed E-state index contributed by atoms with van der Waals surface area (Å²) in [6.45, 7) is 4.76. The Balaban J connectivity index is 3.19. The fourth-order valence-electron chi connectivity index (χ4n) is 1.42. The number of carbonyl (C=O) groups excluding carboxylic acids is 1. The van der Waals surface area contributed by atoms with Gasteiger partial charge in [-0.3, -0.25) is 4.79 Å². The molecule has 3 rings (SSSR count). The standard InChI is InChI=1S/C11H8O5/c1-5-7-3-4-8(9(5)12)11(14)16-6(2)15-10(7)13/h3-4,14H,2H2,1H3. The van der Waals surface area contributed by atoms with Crippen LogP contribution < -0.4 is 16.5 Å². The van der Waals surface area contributed by atoms with Crippen molar-refractivity contribution in [1.29, 1.82) is 0 Å². The molecule has 1 aliphatic carbocycles. The summed E-state index contributed by atoms with van der Waals surface area (Å²) in [4.78, 5) is 23.3. The number of aromatic hydroxyl groups is 1. The minimum atomic E-state index is -0.735. The Morgan fingerprint density at radius 2 is 1.94 bits per heavy atom. The number of carbonyl (C=O) groups is 1. The van der Waals surface area contributed by atoms with Crippen molar-refractivity contribution in [3.8, 4) is 5.95 Å². The summed E-state index contributed by atoms with van der Waals surface area (Å²) in [6, 6.07) is 2.70. The summed E-state index contributed by atoms with van der Waals surface area (Å²) in [5.41, 5.74) is -0.933. The van der Waals surface area contributed by atoms with E-state index in [9.17, 15) is 14.7 Å². The highest BCUT2D eigenvalue weighted by atomic mass is 16.5. The first kappa shape index (κ1) is 10.2. The highest BCUT2D eigenvalue weighted by Gasteiger charge is 2.18. The van der Waals surface area contributed by atoms with Crippen LogP contribution in [0.3, 0.4) is 0 Å². The molecule has 1 aliphatic heterocycles. The molecule has 0 fully saturated rings. The number of rotatable bonds is 0. The van der Waals surface area contributed by atoms with Crippen molar-refractivity contribution in [2.24, 2.45) is 0 Å². The lowest BCUT2D eigenvalue weighted by Gasteiger charge is -2.01. The van der Waals surface area contributed by atoms with Gasteiger partial charge in [-0.15, -0.1) is 0 Å². The normalized spacial score (nSPS) is 12.8. The summed E-state index contributed by atoms with van der Waals surface area (Å²) in [6.07, 6.45) is 0. The molecule has 0 spiro atoms. The van der Waals surface area contributed by atoms with E-state index < -0.39 is 17.4 Å². The summed E-state index contributed by atoms with van der Waals surface area (Å²) >= 11 is 0. The van der Waals surface area contributed by atoms with Crippen molar-refractivity contribution < 1.29 is 18.7 Å². The Morgan fingerprint density at radius 3 is 2.62 bits per heavy atom. The second-order valence-corrected chi connectivity index (χ2v) is 3.28. The van der Waals surface area contributed by atoms with Crippen LogP contribution in [0.5, 0.6) is 5.95 Å². The van der Waals surface area contributed by atoms with E-state index in [0.29, 0.717) is 0 Å². The monoisotopic (exact) mass is 220 g/mol. The smallest absolute Gasteiger partial charge is 0.346 e. The van der Waals surface area contributed by atoms with Crippen molar-refractivity contribution in [3.63, 3.8) is 0 Å². The zero-order valence-corrected chi connectivity index (χ0v) is 8.44. The highest BCUT2D eigenvalue weighted by Crippen LogP contribution is 2.17. The first-order valence-corrected chi connectivity index (χ1v) is 4.46. The van der Waals surface area contributed by atoms with Gasteiger partial charge in [0.15, 0.2) is 5.78 Å². The number of hydrogen-bond acceptors (Lipinski definition) is 5. The second-order valence-electron chi connectivity index (χ2n) is 3.28. The van der Waals surface area contributed by atoms with E-state index >= 15 is 0 Å². The molecule has 2 heterocycles. The van der Waals surface area contributed by atoms with Gasteiger partial charge >= 0.3 is 5.63 Å². The molecule has 5 heteroatoms. The van der Waals surface area contributed by atoms with Gasteiger partial charge < -0.3 is 13.9 Å². The molecule has 1 N–H and O–H groups in total. The summed E-state index contributed by atoms with van der Waals surface area (Å²) in [5.74, 6) is -1.10. The SMILES string of the molecule is C=c1oc(O)c2ccc(c(=O)o1)=C(C)C2=O. The third kappa shape index (κ3) is 1.42. The average molecular weight is 220 g/mol. The maximum absolute atomic E-state index is 11.7. The molecule has 16 heavy (non-hydrogen) atoms. The Labute approximate surface area is 89.3 Å². The molecular weight excluding hydrogens is 212 g/mol. The third-order valence-corrected chi connectivity index (χ3v) is 2.27. The van der Waals surface area contributed by atoms with E-state index in [-0.39, 0.29) is 22.0 Å². The van der Waals surface area contributed by atoms with Crippen LogP contribution in [0.1, 0.15) is 17.3 Å². The zero-order chi connectivity index (χ0) is 11.9. The molecule has 0 saturated heterocycles. The van der Waals surface area contributed by atoms with Crippen LogP contribution in [-0.2, 0) is 0 Å². The van der Waals surface area contributed by atoms with Crippen LogP contribution in [0.4, 0.5) is 0 Å². The lowest BCUT2D eigenvalue weighted by atomic mass is 10.0. The highest BCUT2D eigenvalue weighted by molar-refractivity contribution is 6.24. The van der Waals surface area contributed by atoms with Gasteiger partial charge in [-0.2, -0.15) is 0 Å². The molecule has 0 atom stereocenters. The Bertz CT molecular complexity index is 688. The number of fused-ring (bicyclic) bond motifs is 6. The van der Waals surface area contributed by atoms with Crippen LogP contribution in [0.2, 0.25) is 0 Å². The molecule has 0 radical (unpaired) electrons. The van der Waals surface area contributed by atoms with Crippen molar-refractivity contribution in [2.75, 3.05) is 0 Å². The first-order chi connectivity index (χ1) is 7.50. The quantitative estimate of drug-likeness (QED) is 0.657. The Morgan fingerprint density at radius 1 is 1.25 bits per heavy atom. The molecule has 1 aromatic heterocycles. The predicted molar refractivity (Wildman–Crippen MR) is 54.7 cm³/mol. The summed E-state index contributed by atoms with van der Waals surface area (Å²) in [5, 5.41) is 9.61. The zero-order valence-electron chi connectivity index (χ0n) is 8.44. The maximum Gasteiger partial charge on any atom is 0.346 e. The topological polar surface area (TPSA) is 80.7 Å². The molecule has 2 bridgehead atoms. The molecule has 0 amide bonds. The van der Waals surface area contributed by atoms with Crippen molar-refractivity contribution in [2.45, 2.75) is 6.92 Å². The number of hydrogen-bond donors (Lipinski definition) is 1. The van der Waals surface area contributed by atoms with Crippen LogP contribution in [-0.4, -0.2) is 10.9 Å². The largest absolute Gasteiger partial charge is 0.480 e. The van der Waals surface area contributed by atoms with Crippen molar-refractivity contribution >= 4 is 17.9 Å². The molecular formula is C11H8O5. The van der Waals surface area contributed by atoms with Gasteiger partial charge in [-0.05, 0) is 25.6 Å². The maximum atomic E-state index is 11.7. The molecule has 1 aromatic rings. The Kier molecular flexibility index (Phi) is 2.16. The number of Topliss-reactive ketones (excluding diaryl/α,β-unsaturated/α-hetero) is 1. The minimum absolute atomic E-state index is 0.0271. The van der Waals surface area contributed by atoms with Crippen LogP contribution in [0, 0.1) is 0 Å². The van der Waals surface area contributed by atoms with Gasteiger partial charge in [0.2, 0.25) is 0 Å². The van der Waals surface area contributed by atoms with Gasteiger partial charge in [0.25, 0.3) is 11.6 Å². The lowest BCUT2D eigenvalue weighted by molar-refractivity contribution is 0.104. The van der Waals surface area contributed by atoms with Crippen molar-refractivity contribution in [3.05, 3.63) is 38.9 Å². The van der Waals surface area contributed by atoms with E-state index in [4.69, 9.17) is 0 Å². The van der Waals surface area contributed by atoms with E-state index in [1.807, 2.05) is 0 Å². The molecule has 2 aliphatic rings. The van der Waals surface area contributed by atoms with Gasteiger partial charge in [0.05, 0.1) is 5.22 Å². The molecule has 0 aromatic carbocycles. The predicted octanol–water partition coefficient (Wildman–Crippen LogP) is -0.160. The molecule has 5 nitrogen and oxygen atoms in total. The van der Waals surface area contributed by atoms with Gasteiger partial charge in [-0.1, -0.05) is 0 Å². The van der Waals surface area contributed by atoms with Gasteiger partial charge in [-0.25, -0.2) is 4.79 Å². The van der Waals surface area contributed by atoms with E-state index in [1.54, 1.807) is 0 Å². The summed E-state index contributed by atoms with van der Waals surface area (Å²) in [7, 11) is 0. The average Bonchev–Trinajstić information content (AvgIpc) is 2.26. The fourth-order valence-corrected chi connectivity index (χ4v) is 1.42. The number of ketones is 1. The van der Waals surface area contributed by atoms with Crippen molar-refractivity contribution in [1.82, 2.24) is 0 Å². The molecule has 0 saturated carbocycles. The molecule has 0 unspecified atom stereocenters. The Hall–Kier alpha value is -2.30. The summed E-state index contributed by atoms with van der Waals surface area (Å²) < 4.78 is 9.37. The van der Waals surface area contributed by atoms with Crippen LogP contribution >= 0.6 is 0 Å². The van der Waals surface area contributed by atoms with Crippen LogP contribution in [0.15, 0.2) is 25.8 Å². The fraction of sp³-hybridized carbons (Fsp3) is 0.0909. The minimum Gasteiger partial charge on any atom is -0.480 e. The van der Waals surface area contributed by atoms with Gasteiger partial charge in [0.1, 0.15) is 5.56 Å². The second kappa shape index (κ2) is 3.37. The van der Waals surface area contributed by atoms with E-state index in [0.717, 1.165) is 0 Å². The van der Waals surface area contributed by atoms with Crippen LogP contribution in [0.25, 0.3) is 12.2 Å². The van der Waals surface area contributed by atoms with Gasteiger partial charge in [0, 0.05) is 5.57 Å². The third-order valence-electron chi connectivity index (χ3n) is 2.27. The van der Waals surface area contributed by atoms with E-state index in [1.165, 1.54) is 19.1 Å².